The van der Waals surface area contributed by atoms with Crippen LogP contribution in [-0.2, 0) is 0 Å². The zero-order chi connectivity index (χ0) is 9.84. The minimum absolute atomic E-state index is 0.286. The van der Waals surface area contributed by atoms with Crippen LogP contribution in [0, 0.1) is 0 Å². The zero-order valence-electron chi connectivity index (χ0n) is 8.49. The minimum Gasteiger partial charge on any atom is -0.351 e. The number of carbonyl (C=O) groups excluding carboxylic acids is 1. The zero-order valence-corrected chi connectivity index (χ0v) is 8.49. The van der Waals surface area contributed by atoms with Crippen molar-refractivity contribution in [3.05, 3.63) is 0 Å². The van der Waals surface area contributed by atoms with Crippen LogP contribution >= 0.6 is 0 Å². The van der Waals surface area contributed by atoms with E-state index in [0.29, 0.717) is 6.04 Å². The van der Waals surface area contributed by atoms with E-state index in [1.807, 2.05) is 0 Å². The topological polar surface area (TPSA) is 49.6 Å². The van der Waals surface area contributed by atoms with E-state index >= 15 is 0 Å². The maximum atomic E-state index is 10.9. The number of nitrogens with zero attached hydrogens (tertiary/aromatic N) is 2. The van der Waals surface area contributed by atoms with Crippen molar-refractivity contribution in [1.29, 1.82) is 0 Å². The predicted octanol–water partition coefficient (Wildman–Crippen LogP) is 0.481. The van der Waals surface area contributed by atoms with E-state index in [0.717, 1.165) is 32.6 Å². The van der Waals surface area contributed by atoms with Gasteiger partial charge in [0.1, 0.15) is 0 Å². The van der Waals surface area contributed by atoms with Crippen LogP contribution in [0.4, 0.5) is 4.79 Å². The van der Waals surface area contributed by atoms with E-state index in [-0.39, 0.29) is 6.03 Å². The summed E-state index contributed by atoms with van der Waals surface area (Å²) in [4.78, 5) is 15.0. The molecular weight excluding hydrogens is 166 g/mol. The Kier molecular flexibility index (Phi) is 3.54. The molecule has 0 spiro atoms. The van der Waals surface area contributed by atoms with Crippen LogP contribution in [0.25, 0.3) is 0 Å². The molecule has 76 valence electrons. The Morgan fingerprint density at radius 3 is 2.46 bits per heavy atom. The lowest BCUT2D eigenvalue weighted by molar-refractivity contribution is 0.202. The highest BCUT2D eigenvalue weighted by Gasteiger charge is 2.18. The summed E-state index contributed by atoms with van der Waals surface area (Å²) < 4.78 is 0. The van der Waals surface area contributed by atoms with Crippen LogP contribution in [0.3, 0.4) is 0 Å². The van der Waals surface area contributed by atoms with Gasteiger partial charge >= 0.3 is 6.03 Å². The van der Waals surface area contributed by atoms with Crippen molar-refractivity contribution in [3.63, 3.8) is 0 Å². The molecule has 0 aromatic heterocycles. The molecule has 2 amide bonds. The first-order chi connectivity index (χ1) is 6.11. The van der Waals surface area contributed by atoms with Gasteiger partial charge in [0.05, 0.1) is 0 Å². The van der Waals surface area contributed by atoms with Gasteiger partial charge in [0.25, 0.3) is 0 Å². The monoisotopic (exact) mass is 185 g/mol. The Balaban J connectivity index is 2.44. The van der Waals surface area contributed by atoms with Crippen LogP contribution < -0.4 is 5.73 Å². The van der Waals surface area contributed by atoms with Gasteiger partial charge in [-0.2, -0.15) is 0 Å². The number of urea groups is 1. The van der Waals surface area contributed by atoms with Gasteiger partial charge in [-0.15, -0.1) is 0 Å². The molecule has 1 aliphatic heterocycles. The van der Waals surface area contributed by atoms with Crippen molar-refractivity contribution >= 4 is 6.03 Å². The Bertz CT molecular complexity index is 182. The van der Waals surface area contributed by atoms with Crippen molar-refractivity contribution in [1.82, 2.24) is 9.80 Å². The number of rotatable bonds is 1. The minimum atomic E-state index is -0.286. The molecule has 4 heteroatoms. The maximum absolute atomic E-state index is 10.9. The molecule has 1 aliphatic rings. The summed E-state index contributed by atoms with van der Waals surface area (Å²) in [5, 5.41) is 0. The highest BCUT2D eigenvalue weighted by Crippen LogP contribution is 2.05. The molecule has 2 N–H and O–H groups in total. The van der Waals surface area contributed by atoms with Gasteiger partial charge in [-0.3, -0.25) is 4.90 Å². The Morgan fingerprint density at radius 1 is 1.23 bits per heavy atom. The molecule has 1 rings (SSSR count). The number of amides is 2. The number of hydrogen-bond donors (Lipinski definition) is 1. The van der Waals surface area contributed by atoms with Crippen LogP contribution in [0.1, 0.15) is 20.3 Å². The molecule has 0 saturated carbocycles. The van der Waals surface area contributed by atoms with Crippen LogP contribution in [0.2, 0.25) is 0 Å². The van der Waals surface area contributed by atoms with E-state index in [4.69, 9.17) is 5.73 Å². The second kappa shape index (κ2) is 4.46. The number of primary amides is 1. The average molecular weight is 185 g/mol. The molecule has 0 bridgehead atoms. The summed E-state index contributed by atoms with van der Waals surface area (Å²) in [6.45, 7) is 7.95. The third kappa shape index (κ3) is 2.88. The molecule has 0 radical (unpaired) electrons. The van der Waals surface area contributed by atoms with E-state index in [1.165, 1.54) is 0 Å². The number of nitrogens with two attached hydrogens (primary N) is 1. The maximum Gasteiger partial charge on any atom is 0.314 e. The summed E-state index contributed by atoms with van der Waals surface area (Å²) in [7, 11) is 0. The third-order valence-corrected chi connectivity index (χ3v) is 2.57. The highest BCUT2D eigenvalue weighted by atomic mass is 16.2. The quantitative estimate of drug-likeness (QED) is 0.646. The van der Waals surface area contributed by atoms with Gasteiger partial charge in [0.15, 0.2) is 0 Å². The molecule has 1 saturated heterocycles. The second-order valence-electron chi connectivity index (χ2n) is 3.81. The summed E-state index contributed by atoms with van der Waals surface area (Å²) in [5.41, 5.74) is 5.23. The molecule has 0 aromatic rings. The fourth-order valence-corrected chi connectivity index (χ4v) is 1.67. The first-order valence-corrected chi connectivity index (χ1v) is 4.89. The van der Waals surface area contributed by atoms with Crippen LogP contribution in [-0.4, -0.2) is 48.1 Å². The lowest BCUT2D eigenvalue weighted by Gasteiger charge is -2.24. The summed E-state index contributed by atoms with van der Waals surface area (Å²) in [5.74, 6) is 0. The smallest absolute Gasteiger partial charge is 0.314 e. The SMILES string of the molecule is CC(C)N1CCCN(C(N)=O)CC1. The molecule has 1 heterocycles. The van der Waals surface area contributed by atoms with Crippen LogP contribution in [0.15, 0.2) is 0 Å². The Labute approximate surface area is 79.7 Å². The third-order valence-electron chi connectivity index (χ3n) is 2.57. The van der Waals surface area contributed by atoms with Gasteiger partial charge in [0, 0.05) is 32.2 Å². The Hall–Kier alpha value is -0.770. The van der Waals surface area contributed by atoms with Crippen LogP contribution in [0.5, 0.6) is 0 Å². The Morgan fingerprint density at radius 2 is 1.92 bits per heavy atom. The number of carbonyl (C=O) groups is 1. The van der Waals surface area contributed by atoms with Gasteiger partial charge in [-0.1, -0.05) is 0 Å². The van der Waals surface area contributed by atoms with Crippen molar-refractivity contribution in [3.8, 4) is 0 Å². The molecular formula is C9H19N3O. The molecule has 0 aromatic carbocycles. The molecule has 0 aliphatic carbocycles. The number of hydrogen-bond acceptors (Lipinski definition) is 2. The summed E-state index contributed by atoms with van der Waals surface area (Å²) in [6.07, 6.45) is 1.03. The van der Waals surface area contributed by atoms with E-state index < -0.39 is 0 Å². The predicted molar refractivity (Wildman–Crippen MR) is 52.5 cm³/mol. The van der Waals surface area contributed by atoms with Gasteiger partial charge in [-0.05, 0) is 20.3 Å². The highest BCUT2D eigenvalue weighted by molar-refractivity contribution is 5.71. The fourth-order valence-electron chi connectivity index (χ4n) is 1.67. The standard InChI is InChI=1S/C9H19N3O/c1-8(2)11-4-3-5-12(7-6-11)9(10)13/h8H,3-7H2,1-2H3,(H2,10,13). The lowest BCUT2D eigenvalue weighted by Crippen LogP contribution is -2.39. The van der Waals surface area contributed by atoms with Gasteiger partial charge in [-0.25, -0.2) is 4.79 Å². The molecule has 13 heavy (non-hydrogen) atoms. The summed E-state index contributed by atoms with van der Waals surface area (Å²) in [6, 6.07) is 0.276. The van der Waals surface area contributed by atoms with Crippen molar-refractivity contribution in [2.24, 2.45) is 5.73 Å². The first kappa shape index (κ1) is 10.3. The average Bonchev–Trinajstić information content (AvgIpc) is 2.27. The van der Waals surface area contributed by atoms with Gasteiger partial charge < -0.3 is 10.6 Å². The summed E-state index contributed by atoms with van der Waals surface area (Å²) >= 11 is 0. The normalized spacial score (nSPS) is 20.4. The van der Waals surface area contributed by atoms with Crippen molar-refractivity contribution in [2.45, 2.75) is 26.3 Å². The van der Waals surface area contributed by atoms with Gasteiger partial charge in [0.2, 0.25) is 0 Å². The van der Waals surface area contributed by atoms with Crippen molar-refractivity contribution < 1.29 is 4.79 Å². The molecule has 4 nitrogen and oxygen atoms in total. The van der Waals surface area contributed by atoms with Crippen molar-refractivity contribution in [2.75, 3.05) is 26.2 Å². The second-order valence-corrected chi connectivity index (χ2v) is 3.81. The lowest BCUT2D eigenvalue weighted by atomic mass is 10.3. The molecule has 0 atom stereocenters. The largest absolute Gasteiger partial charge is 0.351 e. The van der Waals surface area contributed by atoms with E-state index in [2.05, 4.69) is 18.7 Å². The molecule has 1 fully saturated rings. The van der Waals surface area contributed by atoms with E-state index in [1.54, 1.807) is 4.90 Å². The first-order valence-electron chi connectivity index (χ1n) is 4.89. The fraction of sp³-hybridized carbons (Fsp3) is 0.889. The van der Waals surface area contributed by atoms with E-state index in [9.17, 15) is 4.79 Å². The molecule has 0 unspecified atom stereocenters.